The highest BCUT2D eigenvalue weighted by Gasteiger charge is 2.29. The summed E-state index contributed by atoms with van der Waals surface area (Å²) in [6.07, 6.45) is 1.53. The highest BCUT2D eigenvalue weighted by Crippen LogP contribution is 2.35. The van der Waals surface area contributed by atoms with Gasteiger partial charge in [-0.15, -0.1) is 11.3 Å². The van der Waals surface area contributed by atoms with Crippen molar-refractivity contribution in [3.8, 4) is 11.5 Å². The number of ether oxygens (including phenoxy) is 2. The third kappa shape index (κ3) is 5.27. The van der Waals surface area contributed by atoms with E-state index in [9.17, 15) is 13.2 Å². The van der Waals surface area contributed by atoms with E-state index >= 15 is 0 Å². The number of hydrogen-bond acceptors (Lipinski definition) is 7. The number of anilines is 1. The van der Waals surface area contributed by atoms with E-state index in [1.54, 1.807) is 30.3 Å². The van der Waals surface area contributed by atoms with E-state index in [-0.39, 0.29) is 16.3 Å². The molecule has 8 nitrogen and oxygen atoms in total. The van der Waals surface area contributed by atoms with E-state index in [2.05, 4.69) is 10.5 Å². The Balaban J connectivity index is 1.95. The Hall–Kier alpha value is -3.37. The standard InChI is InChI=1S/C22H23N3O5S2/c1-16-11-12-31-21(16)14-23-24-22(26)15-25(32(27,28)18-7-5-4-6-8-18)19-13-17(29-2)9-10-20(19)30-3/h4-14H,15H2,1-3H3,(H,24,26)/b23-14-. The molecule has 10 heteroatoms. The first-order valence-electron chi connectivity index (χ1n) is 9.52. The van der Waals surface area contributed by atoms with Gasteiger partial charge in [0.1, 0.15) is 18.0 Å². The van der Waals surface area contributed by atoms with E-state index in [1.165, 1.54) is 50.0 Å². The fourth-order valence-electron chi connectivity index (χ4n) is 2.86. The number of hydrazone groups is 1. The predicted octanol–water partition coefficient (Wildman–Crippen LogP) is 3.42. The number of amides is 1. The fraction of sp³-hybridized carbons (Fsp3) is 0.182. The van der Waals surface area contributed by atoms with Gasteiger partial charge < -0.3 is 9.47 Å². The summed E-state index contributed by atoms with van der Waals surface area (Å²) in [6, 6.07) is 14.5. The number of aryl methyl sites for hydroxylation is 1. The number of carbonyl (C=O) groups is 1. The SMILES string of the molecule is COc1ccc(OC)c(N(CC(=O)N/N=C\c2sccc2C)S(=O)(=O)c2ccccc2)c1. The second kappa shape index (κ2) is 10.3. The molecule has 0 saturated heterocycles. The molecular formula is C22H23N3O5S2. The van der Waals surface area contributed by atoms with Gasteiger partial charge in [-0.3, -0.25) is 9.10 Å². The predicted molar refractivity (Wildman–Crippen MR) is 125 cm³/mol. The van der Waals surface area contributed by atoms with Crippen LogP contribution < -0.4 is 19.2 Å². The molecule has 1 N–H and O–H groups in total. The average Bonchev–Trinajstić information content (AvgIpc) is 3.22. The molecule has 168 valence electrons. The minimum Gasteiger partial charge on any atom is -0.497 e. The van der Waals surface area contributed by atoms with Crippen LogP contribution in [0.25, 0.3) is 0 Å². The summed E-state index contributed by atoms with van der Waals surface area (Å²) in [7, 11) is -1.20. The minimum atomic E-state index is -4.09. The summed E-state index contributed by atoms with van der Waals surface area (Å²) >= 11 is 1.49. The molecule has 3 aromatic rings. The summed E-state index contributed by atoms with van der Waals surface area (Å²) in [4.78, 5) is 13.6. The van der Waals surface area contributed by atoms with E-state index in [0.29, 0.717) is 5.75 Å². The number of methoxy groups -OCH3 is 2. The smallest absolute Gasteiger partial charge is 0.264 e. The van der Waals surface area contributed by atoms with Crippen LogP contribution in [0, 0.1) is 6.92 Å². The van der Waals surface area contributed by atoms with Gasteiger partial charge in [0.15, 0.2) is 0 Å². The lowest BCUT2D eigenvalue weighted by Crippen LogP contribution is -2.39. The van der Waals surface area contributed by atoms with Gasteiger partial charge in [-0.2, -0.15) is 5.10 Å². The number of rotatable bonds is 9. The van der Waals surface area contributed by atoms with Crippen LogP contribution in [0.5, 0.6) is 11.5 Å². The molecule has 1 amide bonds. The Morgan fingerprint density at radius 1 is 1.12 bits per heavy atom. The zero-order chi connectivity index (χ0) is 23.1. The maximum Gasteiger partial charge on any atom is 0.264 e. The maximum absolute atomic E-state index is 13.5. The molecule has 1 aromatic heterocycles. The minimum absolute atomic E-state index is 0.0374. The molecule has 0 aliphatic heterocycles. The van der Waals surface area contributed by atoms with Gasteiger partial charge in [0.25, 0.3) is 15.9 Å². The molecule has 3 rings (SSSR count). The van der Waals surface area contributed by atoms with Crippen molar-refractivity contribution in [2.75, 3.05) is 25.1 Å². The number of nitrogens with one attached hydrogen (secondary N) is 1. The largest absolute Gasteiger partial charge is 0.497 e. The second-order valence-electron chi connectivity index (χ2n) is 6.62. The van der Waals surface area contributed by atoms with Crippen LogP contribution in [0.15, 0.2) is 70.0 Å². The zero-order valence-electron chi connectivity index (χ0n) is 17.8. The molecule has 0 unspecified atom stereocenters. The van der Waals surface area contributed by atoms with Crippen LogP contribution >= 0.6 is 11.3 Å². The number of sulfonamides is 1. The lowest BCUT2D eigenvalue weighted by atomic mass is 10.2. The second-order valence-corrected chi connectivity index (χ2v) is 9.43. The molecule has 0 bridgehead atoms. The summed E-state index contributed by atoms with van der Waals surface area (Å²) < 4.78 is 38.5. The first-order valence-corrected chi connectivity index (χ1v) is 11.8. The van der Waals surface area contributed by atoms with Gasteiger partial charge in [-0.25, -0.2) is 13.8 Å². The lowest BCUT2D eigenvalue weighted by molar-refractivity contribution is -0.119. The molecule has 32 heavy (non-hydrogen) atoms. The van der Waals surface area contributed by atoms with Crippen molar-refractivity contribution in [3.05, 3.63) is 70.4 Å². The normalized spacial score (nSPS) is 11.3. The number of hydrogen-bond donors (Lipinski definition) is 1. The number of nitrogens with zero attached hydrogens (tertiary/aromatic N) is 2. The molecule has 0 saturated carbocycles. The lowest BCUT2D eigenvalue weighted by Gasteiger charge is -2.25. The van der Waals surface area contributed by atoms with Gasteiger partial charge in [-0.1, -0.05) is 18.2 Å². The van der Waals surface area contributed by atoms with Gasteiger partial charge in [0.2, 0.25) is 0 Å². The van der Waals surface area contributed by atoms with E-state index in [4.69, 9.17) is 9.47 Å². The average molecular weight is 474 g/mol. The Bertz CT molecular complexity index is 1210. The Morgan fingerprint density at radius 2 is 1.88 bits per heavy atom. The molecule has 0 fully saturated rings. The summed E-state index contributed by atoms with van der Waals surface area (Å²) in [5.41, 5.74) is 3.60. The first-order chi connectivity index (χ1) is 15.4. The van der Waals surface area contributed by atoms with E-state index in [0.717, 1.165) is 14.7 Å². The highest BCUT2D eigenvalue weighted by atomic mass is 32.2. The topological polar surface area (TPSA) is 97.3 Å². The van der Waals surface area contributed by atoms with Crippen molar-refractivity contribution >= 4 is 39.2 Å². The highest BCUT2D eigenvalue weighted by molar-refractivity contribution is 7.92. The summed E-state index contributed by atoms with van der Waals surface area (Å²) in [5, 5.41) is 5.88. The molecule has 0 aliphatic carbocycles. The molecular weight excluding hydrogens is 450 g/mol. The third-order valence-corrected chi connectivity index (χ3v) is 7.27. The summed E-state index contributed by atoms with van der Waals surface area (Å²) in [5.74, 6) is 0.0799. The van der Waals surface area contributed by atoms with Crippen molar-refractivity contribution in [1.29, 1.82) is 0 Å². The van der Waals surface area contributed by atoms with Crippen LogP contribution in [0.1, 0.15) is 10.4 Å². The van der Waals surface area contributed by atoms with Crippen LogP contribution in [0.2, 0.25) is 0 Å². The third-order valence-electron chi connectivity index (χ3n) is 4.55. The quantitative estimate of drug-likeness (QED) is 0.379. The molecule has 2 aromatic carbocycles. The first kappa shape index (κ1) is 23.3. The Labute approximate surface area is 191 Å². The molecule has 0 aliphatic rings. The van der Waals surface area contributed by atoms with Crippen LogP contribution in [-0.4, -0.2) is 41.3 Å². The van der Waals surface area contributed by atoms with Crippen LogP contribution in [0.4, 0.5) is 5.69 Å². The number of benzene rings is 2. The van der Waals surface area contributed by atoms with E-state index in [1.807, 2.05) is 18.4 Å². The zero-order valence-corrected chi connectivity index (χ0v) is 19.4. The Kier molecular flexibility index (Phi) is 7.49. The molecule has 0 spiro atoms. The van der Waals surface area contributed by atoms with Gasteiger partial charge in [0.05, 0.1) is 31.0 Å². The maximum atomic E-state index is 13.5. The summed E-state index contributed by atoms with van der Waals surface area (Å²) in [6.45, 7) is 1.42. The van der Waals surface area contributed by atoms with E-state index < -0.39 is 22.5 Å². The monoisotopic (exact) mass is 473 g/mol. The molecule has 1 heterocycles. The molecule has 0 radical (unpaired) electrons. The van der Waals surface area contributed by atoms with Crippen LogP contribution in [-0.2, 0) is 14.8 Å². The van der Waals surface area contributed by atoms with Gasteiger partial charge >= 0.3 is 0 Å². The number of carbonyl (C=O) groups excluding carboxylic acids is 1. The van der Waals surface area contributed by atoms with Crippen molar-refractivity contribution < 1.29 is 22.7 Å². The Morgan fingerprint density at radius 3 is 2.50 bits per heavy atom. The van der Waals surface area contributed by atoms with Crippen molar-refractivity contribution in [3.63, 3.8) is 0 Å². The molecule has 0 atom stereocenters. The number of thiophene rings is 1. The van der Waals surface area contributed by atoms with Gasteiger partial charge in [-0.05, 0) is 48.2 Å². The van der Waals surface area contributed by atoms with Crippen molar-refractivity contribution in [1.82, 2.24) is 5.43 Å². The van der Waals surface area contributed by atoms with Crippen LogP contribution in [0.3, 0.4) is 0 Å². The van der Waals surface area contributed by atoms with Crippen molar-refractivity contribution in [2.45, 2.75) is 11.8 Å². The van der Waals surface area contributed by atoms with Crippen molar-refractivity contribution in [2.24, 2.45) is 5.10 Å². The fourth-order valence-corrected chi connectivity index (χ4v) is 5.09. The van der Waals surface area contributed by atoms with Gasteiger partial charge in [0, 0.05) is 10.9 Å².